The molecule has 4 aliphatic heterocycles. The summed E-state index contributed by atoms with van der Waals surface area (Å²) in [7, 11) is 0. The number of carbonyl (C=O) groups is 2. The summed E-state index contributed by atoms with van der Waals surface area (Å²) in [5.74, 6) is -0.451. The SMILES string of the molecule is C[C@H]1[C@H](NC(=O)COc2ccc(C(=O)/C=C/c3ccc(F)cc3)cc2)O[C@@H]2O[C@@]3(C)CC[C@H]4[C@H](C)CC[C@@H]1[C@@]24OO3. The average molecular weight is 566 g/mol. The zero-order valence-electron chi connectivity index (χ0n) is 23.5. The predicted molar refractivity (Wildman–Crippen MR) is 147 cm³/mol. The number of fused-ring (bicyclic) bond motifs is 2. The summed E-state index contributed by atoms with van der Waals surface area (Å²) in [5.41, 5.74) is 0.512. The van der Waals surface area contributed by atoms with Gasteiger partial charge >= 0.3 is 0 Å². The van der Waals surface area contributed by atoms with E-state index in [1.54, 1.807) is 42.5 Å². The van der Waals surface area contributed by atoms with Crippen LogP contribution in [0.3, 0.4) is 0 Å². The number of ether oxygens (including phenoxy) is 3. The molecule has 2 aromatic carbocycles. The molecule has 1 spiro atoms. The van der Waals surface area contributed by atoms with Crippen molar-refractivity contribution in [1.29, 1.82) is 0 Å². The number of allylic oxidation sites excluding steroid dienone is 1. The van der Waals surface area contributed by atoms with Crippen LogP contribution in [0.15, 0.2) is 54.6 Å². The summed E-state index contributed by atoms with van der Waals surface area (Å²) in [6.07, 6.45) is 5.57. The summed E-state index contributed by atoms with van der Waals surface area (Å²) in [5, 5.41) is 2.99. The van der Waals surface area contributed by atoms with E-state index < -0.39 is 23.9 Å². The third-order valence-corrected chi connectivity index (χ3v) is 9.27. The number of ketones is 1. The molecule has 8 nitrogen and oxygen atoms in total. The number of rotatable bonds is 7. The summed E-state index contributed by atoms with van der Waals surface area (Å²) < 4.78 is 31.5. The molecule has 5 aliphatic rings. The standard InChI is InChI=1S/C32H36FNO7/c1-19-4-14-26-20(2)29(38-30-32(26)25(19)16-17-31(3,39-30)40-41-32)34-28(36)18-37-24-12-8-22(9-13-24)27(35)15-7-21-5-10-23(33)11-6-21/h5-13,15,19-20,25-26,29-30H,4,14,16-18H2,1-3H3,(H,34,36)/b15-7+/t19-,20-,25+,26+,29-,30-,31-,32-/m1/s1. The monoisotopic (exact) mass is 565 g/mol. The summed E-state index contributed by atoms with van der Waals surface area (Å²) in [6.45, 7) is 6.01. The summed E-state index contributed by atoms with van der Waals surface area (Å²) in [4.78, 5) is 37.4. The van der Waals surface area contributed by atoms with Crippen molar-refractivity contribution in [2.45, 2.75) is 70.4 Å². The Morgan fingerprint density at radius 1 is 1.02 bits per heavy atom. The van der Waals surface area contributed by atoms with Gasteiger partial charge in [-0.15, -0.1) is 0 Å². The number of halogens is 1. The molecule has 2 bridgehead atoms. The van der Waals surface area contributed by atoms with E-state index in [4.69, 9.17) is 24.0 Å². The van der Waals surface area contributed by atoms with Gasteiger partial charge < -0.3 is 19.5 Å². The zero-order chi connectivity index (χ0) is 28.8. The van der Waals surface area contributed by atoms with Crippen LogP contribution < -0.4 is 10.1 Å². The van der Waals surface area contributed by atoms with Crippen molar-refractivity contribution in [3.8, 4) is 5.75 Å². The lowest BCUT2D eigenvalue weighted by Gasteiger charge is -2.60. The molecule has 1 amide bonds. The van der Waals surface area contributed by atoms with Crippen molar-refractivity contribution in [3.05, 3.63) is 71.6 Å². The number of carbonyl (C=O) groups excluding carboxylic acids is 2. The minimum absolute atomic E-state index is 0.0203. The molecular formula is C32H36FNO7. The quantitative estimate of drug-likeness (QED) is 0.272. The van der Waals surface area contributed by atoms with Crippen LogP contribution in [0.2, 0.25) is 0 Å². The molecule has 0 unspecified atom stereocenters. The molecule has 7 rings (SSSR count). The largest absolute Gasteiger partial charge is 0.484 e. The number of amides is 1. The van der Waals surface area contributed by atoms with Crippen LogP contribution in [0.4, 0.5) is 4.39 Å². The summed E-state index contributed by atoms with van der Waals surface area (Å²) >= 11 is 0. The topological polar surface area (TPSA) is 92.3 Å². The first-order valence-electron chi connectivity index (χ1n) is 14.4. The lowest BCUT2D eigenvalue weighted by Crippen LogP contribution is -2.72. The van der Waals surface area contributed by atoms with Gasteiger partial charge in [-0.3, -0.25) is 9.59 Å². The normalized spacial score (nSPS) is 35.9. The van der Waals surface area contributed by atoms with Gasteiger partial charge in [0.2, 0.25) is 5.79 Å². The van der Waals surface area contributed by atoms with Crippen molar-refractivity contribution in [1.82, 2.24) is 5.32 Å². The Labute approximate surface area is 239 Å². The second kappa shape index (κ2) is 10.9. The van der Waals surface area contributed by atoms with E-state index in [-0.39, 0.29) is 41.9 Å². The van der Waals surface area contributed by atoms with E-state index in [1.807, 2.05) is 6.92 Å². The molecule has 218 valence electrons. The van der Waals surface area contributed by atoms with Crippen molar-refractivity contribution in [2.24, 2.45) is 23.7 Å². The Balaban J connectivity index is 1.06. The maximum absolute atomic E-state index is 13.1. The van der Waals surface area contributed by atoms with E-state index in [1.165, 1.54) is 18.2 Å². The van der Waals surface area contributed by atoms with Gasteiger partial charge in [0.05, 0.1) is 0 Å². The fourth-order valence-corrected chi connectivity index (χ4v) is 6.98. The lowest BCUT2D eigenvalue weighted by molar-refractivity contribution is -0.571. The van der Waals surface area contributed by atoms with E-state index in [9.17, 15) is 14.0 Å². The Morgan fingerprint density at radius 3 is 2.54 bits per heavy atom. The molecule has 2 aromatic rings. The first kappa shape index (κ1) is 28.0. The second-order valence-corrected chi connectivity index (χ2v) is 12.0. The minimum Gasteiger partial charge on any atom is -0.484 e. The van der Waals surface area contributed by atoms with Crippen molar-refractivity contribution in [2.75, 3.05) is 6.61 Å². The molecule has 4 saturated heterocycles. The number of hydrogen-bond acceptors (Lipinski definition) is 7. The van der Waals surface area contributed by atoms with Crippen molar-refractivity contribution < 1.29 is 38.0 Å². The van der Waals surface area contributed by atoms with Crippen LogP contribution in [0.25, 0.3) is 6.08 Å². The van der Waals surface area contributed by atoms with Gasteiger partial charge in [0.25, 0.3) is 5.91 Å². The van der Waals surface area contributed by atoms with Crippen LogP contribution in [0.5, 0.6) is 5.75 Å². The van der Waals surface area contributed by atoms with Crippen LogP contribution in [0.1, 0.15) is 62.4 Å². The molecule has 0 aromatic heterocycles. The number of hydrogen-bond donors (Lipinski definition) is 1. The molecule has 41 heavy (non-hydrogen) atoms. The number of nitrogens with one attached hydrogen (secondary N) is 1. The molecule has 8 atom stereocenters. The fourth-order valence-electron chi connectivity index (χ4n) is 6.98. The molecule has 1 N–H and O–H groups in total. The predicted octanol–water partition coefficient (Wildman–Crippen LogP) is 5.42. The Bertz CT molecular complexity index is 1310. The van der Waals surface area contributed by atoms with Crippen LogP contribution in [0, 0.1) is 29.5 Å². The van der Waals surface area contributed by atoms with Gasteiger partial charge in [-0.2, -0.15) is 0 Å². The fraction of sp³-hybridized carbons (Fsp3) is 0.500. The summed E-state index contributed by atoms with van der Waals surface area (Å²) in [6, 6.07) is 12.4. The molecule has 9 heteroatoms. The Morgan fingerprint density at radius 2 is 1.78 bits per heavy atom. The van der Waals surface area contributed by atoms with Gasteiger partial charge in [0.15, 0.2) is 24.3 Å². The van der Waals surface area contributed by atoms with E-state index >= 15 is 0 Å². The van der Waals surface area contributed by atoms with Crippen LogP contribution in [-0.4, -0.2) is 42.2 Å². The molecule has 5 fully saturated rings. The smallest absolute Gasteiger partial charge is 0.259 e. The van der Waals surface area contributed by atoms with Gasteiger partial charge in [0, 0.05) is 23.8 Å². The highest BCUT2D eigenvalue weighted by Crippen LogP contribution is 2.60. The highest BCUT2D eigenvalue weighted by atomic mass is 19.1. The van der Waals surface area contributed by atoms with E-state index in [0.29, 0.717) is 17.2 Å². The molecular weight excluding hydrogens is 529 g/mol. The Kier molecular flexibility index (Phi) is 7.48. The van der Waals surface area contributed by atoms with Crippen LogP contribution in [-0.2, 0) is 24.0 Å². The van der Waals surface area contributed by atoms with Gasteiger partial charge in [-0.25, -0.2) is 14.2 Å². The lowest BCUT2D eigenvalue weighted by atomic mass is 9.58. The first-order chi connectivity index (χ1) is 19.7. The van der Waals surface area contributed by atoms with Gasteiger partial charge in [-0.05, 0) is 86.1 Å². The third kappa shape index (κ3) is 5.32. The van der Waals surface area contributed by atoms with E-state index in [0.717, 1.165) is 31.2 Å². The second-order valence-electron chi connectivity index (χ2n) is 12.0. The Hall–Kier alpha value is -3.11. The molecule has 0 radical (unpaired) electrons. The first-order valence-corrected chi connectivity index (χ1v) is 14.4. The highest BCUT2D eigenvalue weighted by molar-refractivity contribution is 6.06. The van der Waals surface area contributed by atoms with Crippen molar-refractivity contribution in [3.63, 3.8) is 0 Å². The van der Waals surface area contributed by atoms with Gasteiger partial charge in [-0.1, -0.05) is 32.1 Å². The number of benzene rings is 2. The minimum atomic E-state index is -0.875. The van der Waals surface area contributed by atoms with E-state index in [2.05, 4.69) is 19.2 Å². The maximum Gasteiger partial charge on any atom is 0.259 e. The zero-order valence-corrected chi connectivity index (χ0v) is 23.5. The maximum atomic E-state index is 13.1. The van der Waals surface area contributed by atoms with Crippen molar-refractivity contribution >= 4 is 17.8 Å². The third-order valence-electron chi connectivity index (χ3n) is 9.27. The van der Waals surface area contributed by atoms with Crippen LogP contribution >= 0.6 is 0 Å². The molecule has 4 heterocycles. The highest BCUT2D eigenvalue weighted by Gasteiger charge is 2.69. The average Bonchev–Trinajstić information content (AvgIpc) is 3.20. The molecule has 1 saturated carbocycles. The van der Waals surface area contributed by atoms with Gasteiger partial charge in [0.1, 0.15) is 17.8 Å². The molecule has 1 aliphatic carbocycles.